The topological polar surface area (TPSA) is 52.6 Å². The Bertz CT molecular complexity index is 122. The van der Waals surface area contributed by atoms with Gasteiger partial charge < -0.3 is 15.3 Å². The van der Waals surface area contributed by atoms with Crippen molar-refractivity contribution in [3.63, 3.8) is 0 Å². The molecular weight excluding hydrogens is 156 g/mol. The molecule has 0 heterocycles. The van der Waals surface area contributed by atoms with E-state index in [4.69, 9.17) is 5.11 Å². The molecule has 4 heteroatoms. The Morgan fingerprint density at radius 2 is 2.08 bits per heavy atom. The van der Waals surface area contributed by atoms with Crippen LogP contribution in [0, 0.1) is 0 Å². The number of hydrogen-bond acceptors (Lipinski definition) is 2. The molecule has 0 aromatic carbocycles. The van der Waals surface area contributed by atoms with Gasteiger partial charge in [0.2, 0.25) is 0 Å². The molecule has 0 rings (SSSR count). The molecule has 0 fully saturated rings. The molecule has 12 heavy (non-hydrogen) atoms. The van der Waals surface area contributed by atoms with Gasteiger partial charge in [-0.25, -0.2) is 4.79 Å². The number of aliphatic hydroxyl groups is 1. The van der Waals surface area contributed by atoms with Crippen molar-refractivity contribution >= 4 is 6.03 Å². The van der Waals surface area contributed by atoms with Crippen LogP contribution >= 0.6 is 0 Å². The highest BCUT2D eigenvalue weighted by molar-refractivity contribution is 5.74. The van der Waals surface area contributed by atoms with Crippen LogP contribution in [-0.4, -0.2) is 42.3 Å². The molecule has 0 atom stereocenters. The van der Waals surface area contributed by atoms with Crippen LogP contribution in [0.5, 0.6) is 0 Å². The normalized spacial score (nSPS) is 9.58. The van der Waals surface area contributed by atoms with Gasteiger partial charge in [0, 0.05) is 19.6 Å². The van der Waals surface area contributed by atoms with Crippen molar-refractivity contribution in [3.8, 4) is 0 Å². The molecule has 0 aliphatic carbocycles. The van der Waals surface area contributed by atoms with Crippen LogP contribution in [0.2, 0.25) is 0 Å². The number of hydrogen-bond donors (Lipinski definition) is 2. The van der Waals surface area contributed by atoms with E-state index in [1.54, 1.807) is 4.90 Å². The van der Waals surface area contributed by atoms with Gasteiger partial charge >= 0.3 is 6.03 Å². The number of carbonyl (C=O) groups is 1. The first kappa shape index (κ1) is 11.2. The van der Waals surface area contributed by atoms with Gasteiger partial charge in [-0.2, -0.15) is 0 Å². The molecule has 2 amide bonds. The maximum absolute atomic E-state index is 11.2. The predicted octanol–water partition coefficient (Wildman–Crippen LogP) is 0.420. The Morgan fingerprint density at radius 3 is 2.50 bits per heavy atom. The summed E-state index contributed by atoms with van der Waals surface area (Å²) in [6.07, 6.45) is 0.914. The fourth-order valence-corrected chi connectivity index (χ4v) is 0.969. The van der Waals surface area contributed by atoms with E-state index in [9.17, 15) is 4.79 Å². The predicted molar refractivity (Wildman–Crippen MR) is 48.0 cm³/mol. The zero-order chi connectivity index (χ0) is 9.40. The van der Waals surface area contributed by atoms with Crippen LogP contribution in [0.15, 0.2) is 0 Å². The Hall–Kier alpha value is -0.770. The lowest BCUT2D eigenvalue weighted by Gasteiger charge is -2.20. The Labute approximate surface area is 73.6 Å². The highest BCUT2D eigenvalue weighted by Crippen LogP contribution is 1.91. The molecule has 0 unspecified atom stereocenters. The average Bonchev–Trinajstić information content (AvgIpc) is 2.04. The highest BCUT2D eigenvalue weighted by Gasteiger charge is 2.09. The molecule has 72 valence electrons. The van der Waals surface area contributed by atoms with Gasteiger partial charge in [0.25, 0.3) is 0 Å². The molecule has 0 saturated carbocycles. The minimum absolute atomic E-state index is 0.0249. The summed E-state index contributed by atoms with van der Waals surface area (Å²) in [4.78, 5) is 12.8. The van der Waals surface area contributed by atoms with E-state index >= 15 is 0 Å². The van der Waals surface area contributed by atoms with Crippen LogP contribution in [0.4, 0.5) is 4.79 Å². The summed E-state index contributed by atoms with van der Waals surface area (Å²) in [6.45, 7) is 5.65. The van der Waals surface area contributed by atoms with Crippen LogP contribution in [0.3, 0.4) is 0 Å². The lowest BCUT2D eigenvalue weighted by molar-refractivity contribution is 0.178. The molecule has 0 saturated heterocycles. The molecule has 4 nitrogen and oxygen atoms in total. The first-order valence-electron chi connectivity index (χ1n) is 4.39. The van der Waals surface area contributed by atoms with Gasteiger partial charge in [-0.05, 0) is 13.3 Å². The quantitative estimate of drug-likeness (QED) is 0.634. The fraction of sp³-hybridized carbons (Fsp3) is 0.875. The van der Waals surface area contributed by atoms with E-state index in [2.05, 4.69) is 5.32 Å². The fourth-order valence-electron chi connectivity index (χ4n) is 0.969. The van der Waals surface area contributed by atoms with Crippen molar-refractivity contribution in [3.05, 3.63) is 0 Å². The monoisotopic (exact) mass is 174 g/mol. The maximum Gasteiger partial charge on any atom is 0.317 e. The molecule has 0 aliphatic heterocycles. The summed E-state index contributed by atoms with van der Waals surface area (Å²) < 4.78 is 0. The number of amides is 2. The van der Waals surface area contributed by atoms with Gasteiger partial charge in [0.1, 0.15) is 0 Å². The molecular formula is C8H18N2O2. The van der Waals surface area contributed by atoms with E-state index < -0.39 is 0 Å². The lowest BCUT2D eigenvalue weighted by Crippen LogP contribution is -2.41. The standard InChI is InChI=1S/C8H18N2O2/c1-3-5-10(6-7-11)8(12)9-4-2/h11H,3-7H2,1-2H3,(H,9,12). The van der Waals surface area contributed by atoms with E-state index in [1.807, 2.05) is 13.8 Å². The average molecular weight is 174 g/mol. The first-order valence-corrected chi connectivity index (χ1v) is 4.39. The summed E-state index contributed by atoms with van der Waals surface area (Å²) in [5.41, 5.74) is 0. The van der Waals surface area contributed by atoms with Crippen molar-refractivity contribution in [1.82, 2.24) is 10.2 Å². The number of rotatable bonds is 5. The largest absolute Gasteiger partial charge is 0.395 e. The third-order valence-corrected chi connectivity index (χ3v) is 1.48. The second-order valence-corrected chi connectivity index (χ2v) is 2.55. The molecule has 0 aromatic heterocycles. The number of carbonyl (C=O) groups excluding carboxylic acids is 1. The molecule has 0 spiro atoms. The van der Waals surface area contributed by atoms with Crippen molar-refractivity contribution in [2.45, 2.75) is 20.3 Å². The first-order chi connectivity index (χ1) is 5.76. The number of nitrogens with one attached hydrogen (secondary N) is 1. The van der Waals surface area contributed by atoms with Crippen molar-refractivity contribution in [2.75, 3.05) is 26.2 Å². The van der Waals surface area contributed by atoms with Gasteiger partial charge in [0.05, 0.1) is 6.61 Å². The Kier molecular flexibility index (Phi) is 6.47. The zero-order valence-corrected chi connectivity index (χ0v) is 7.84. The third kappa shape index (κ3) is 4.18. The summed E-state index contributed by atoms with van der Waals surface area (Å²) in [7, 11) is 0. The molecule has 2 N–H and O–H groups in total. The maximum atomic E-state index is 11.2. The van der Waals surface area contributed by atoms with Gasteiger partial charge in [-0.1, -0.05) is 6.92 Å². The van der Waals surface area contributed by atoms with Gasteiger partial charge in [-0.3, -0.25) is 0 Å². The summed E-state index contributed by atoms with van der Waals surface area (Å²) in [5, 5.41) is 11.3. The summed E-state index contributed by atoms with van der Waals surface area (Å²) in [6, 6.07) is -0.0894. The third-order valence-electron chi connectivity index (χ3n) is 1.48. The number of nitrogens with zero attached hydrogens (tertiary/aromatic N) is 1. The Morgan fingerprint density at radius 1 is 1.42 bits per heavy atom. The molecule has 0 aromatic rings. The van der Waals surface area contributed by atoms with E-state index in [1.165, 1.54) is 0 Å². The van der Waals surface area contributed by atoms with Crippen LogP contribution in [-0.2, 0) is 0 Å². The number of urea groups is 1. The minimum atomic E-state index is -0.0894. The van der Waals surface area contributed by atoms with Gasteiger partial charge in [-0.15, -0.1) is 0 Å². The Balaban J connectivity index is 3.81. The van der Waals surface area contributed by atoms with Crippen molar-refractivity contribution in [2.24, 2.45) is 0 Å². The smallest absolute Gasteiger partial charge is 0.317 e. The van der Waals surface area contributed by atoms with Gasteiger partial charge in [0.15, 0.2) is 0 Å². The SMILES string of the molecule is CCCN(CCO)C(=O)NCC. The van der Waals surface area contributed by atoms with Crippen LogP contribution < -0.4 is 5.32 Å². The second kappa shape index (κ2) is 6.91. The molecule has 0 bridgehead atoms. The molecule has 0 aliphatic rings. The highest BCUT2D eigenvalue weighted by atomic mass is 16.3. The molecule has 0 radical (unpaired) electrons. The second-order valence-electron chi connectivity index (χ2n) is 2.55. The van der Waals surface area contributed by atoms with Crippen LogP contribution in [0.1, 0.15) is 20.3 Å². The van der Waals surface area contributed by atoms with E-state index in [-0.39, 0.29) is 12.6 Å². The minimum Gasteiger partial charge on any atom is -0.395 e. The number of aliphatic hydroxyl groups excluding tert-OH is 1. The van der Waals surface area contributed by atoms with Crippen molar-refractivity contribution < 1.29 is 9.90 Å². The summed E-state index contributed by atoms with van der Waals surface area (Å²) in [5.74, 6) is 0. The van der Waals surface area contributed by atoms with Crippen LogP contribution in [0.25, 0.3) is 0 Å². The van der Waals surface area contributed by atoms with E-state index in [0.29, 0.717) is 19.6 Å². The zero-order valence-electron chi connectivity index (χ0n) is 7.84. The van der Waals surface area contributed by atoms with Crippen molar-refractivity contribution in [1.29, 1.82) is 0 Å². The lowest BCUT2D eigenvalue weighted by atomic mass is 10.4. The summed E-state index contributed by atoms with van der Waals surface area (Å²) >= 11 is 0. The van der Waals surface area contributed by atoms with E-state index in [0.717, 1.165) is 6.42 Å².